The van der Waals surface area contributed by atoms with E-state index >= 15 is 0 Å². The Hall–Kier alpha value is -2.95. The zero-order valence-corrected chi connectivity index (χ0v) is 13.8. The number of aryl methyl sites for hydroxylation is 1. The van der Waals surface area contributed by atoms with Gasteiger partial charge in [-0.2, -0.15) is 0 Å². The molecule has 3 rings (SSSR count). The van der Waals surface area contributed by atoms with Gasteiger partial charge in [0.25, 0.3) is 5.56 Å². The summed E-state index contributed by atoms with van der Waals surface area (Å²) in [6, 6.07) is 10.6. The Labute approximate surface area is 139 Å². The van der Waals surface area contributed by atoms with Crippen LogP contribution in [0.3, 0.4) is 0 Å². The summed E-state index contributed by atoms with van der Waals surface area (Å²) in [7, 11) is 0. The molecule has 0 radical (unpaired) electrons. The van der Waals surface area contributed by atoms with Gasteiger partial charge in [0.2, 0.25) is 0 Å². The van der Waals surface area contributed by atoms with Crippen molar-refractivity contribution in [2.45, 2.75) is 20.8 Å². The molecule has 1 N–H and O–H groups in total. The molecule has 24 heavy (non-hydrogen) atoms. The molecule has 0 atom stereocenters. The van der Waals surface area contributed by atoms with Crippen molar-refractivity contribution >= 4 is 16.7 Å². The van der Waals surface area contributed by atoms with Gasteiger partial charge in [-0.1, -0.05) is 12.1 Å². The number of fused-ring (bicyclic) bond motifs is 1. The van der Waals surface area contributed by atoms with Crippen LogP contribution >= 0.6 is 0 Å². The summed E-state index contributed by atoms with van der Waals surface area (Å²) in [6.45, 7) is 5.76. The molecule has 2 aromatic carbocycles. The molecule has 1 heterocycles. The summed E-state index contributed by atoms with van der Waals surface area (Å²) in [6.07, 6.45) is 0. The van der Waals surface area contributed by atoms with E-state index in [4.69, 9.17) is 4.74 Å². The van der Waals surface area contributed by atoms with Crippen molar-refractivity contribution in [1.29, 1.82) is 0 Å². The third-order valence-electron chi connectivity index (χ3n) is 3.88. The van der Waals surface area contributed by atoms with Crippen molar-refractivity contribution in [3.63, 3.8) is 0 Å². The molecule has 0 bridgehead atoms. The normalized spacial score (nSPS) is 10.8. The van der Waals surface area contributed by atoms with Gasteiger partial charge in [-0.3, -0.25) is 9.59 Å². The maximum Gasteiger partial charge on any atom is 0.259 e. The van der Waals surface area contributed by atoms with E-state index in [0.29, 0.717) is 40.2 Å². The fourth-order valence-corrected chi connectivity index (χ4v) is 2.65. The molecule has 1 aromatic heterocycles. The number of rotatable bonds is 4. The topological polar surface area (TPSA) is 72.0 Å². The second-order valence-electron chi connectivity index (χ2n) is 5.59. The third-order valence-corrected chi connectivity index (χ3v) is 3.88. The van der Waals surface area contributed by atoms with Crippen LogP contribution in [0.2, 0.25) is 0 Å². The van der Waals surface area contributed by atoms with Crippen molar-refractivity contribution in [2.24, 2.45) is 0 Å². The molecule has 5 nitrogen and oxygen atoms in total. The molecular weight excluding hydrogens is 304 g/mol. The molecule has 0 saturated heterocycles. The predicted molar refractivity (Wildman–Crippen MR) is 93.7 cm³/mol. The number of hydrogen-bond acceptors (Lipinski definition) is 4. The lowest BCUT2D eigenvalue weighted by molar-refractivity contribution is 0.101. The Balaban J connectivity index is 2.30. The highest BCUT2D eigenvalue weighted by Crippen LogP contribution is 2.29. The lowest BCUT2D eigenvalue weighted by Crippen LogP contribution is -2.11. The number of carbonyl (C=O) groups is 1. The number of aromatic amines is 1. The highest BCUT2D eigenvalue weighted by Gasteiger charge is 2.14. The Morgan fingerprint density at radius 3 is 2.75 bits per heavy atom. The standard InChI is InChI=1S/C19H18N2O3/c1-4-24-16-9-8-13(12(3)22)10-15(16)18-20-17-11(2)6-5-7-14(17)19(23)21-18/h5-10H,4H2,1-3H3,(H,20,21,23). The summed E-state index contributed by atoms with van der Waals surface area (Å²) in [5.41, 5.74) is 2.50. The van der Waals surface area contributed by atoms with Gasteiger partial charge in [0.05, 0.1) is 23.1 Å². The summed E-state index contributed by atoms with van der Waals surface area (Å²) >= 11 is 0. The van der Waals surface area contributed by atoms with Crippen LogP contribution in [0, 0.1) is 6.92 Å². The lowest BCUT2D eigenvalue weighted by Gasteiger charge is -2.12. The first-order valence-corrected chi connectivity index (χ1v) is 7.79. The van der Waals surface area contributed by atoms with Crippen molar-refractivity contribution < 1.29 is 9.53 Å². The van der Waals surface area contributed by atoms with Gasteiger partial charge in [-0.15, -0.1) is 0 Å². The zero-order chi connectivity index (χ0) is 17.3. The van der Waals surface area contributed by atoms with Gasteiger partial charge in [0.1, 0.15) is 11.6 Å². The number of hydrogen-bond donors (Lipinski definition) is 1. The van der Waals surface area contributed by atoms with E-state index < -0.39 is 0 Å². The number of nitrogens with one attached hydrogen (secondary N) is 1. The van der Waals surface area contributed by atoms with E-state index in [9.17, 15) is 9.59 Å². The molecule has 0 aliphatic carbocycles. The summed E-state index contributed by atoms with van der Waals surface area (Å²) < 4.78 is 5.63. The van der Waals surface area contributed by atoms with Crippen molar-refractivity contribution in [3.05, 3.63) is 57.9 Å². The summed E-state index contributed by atoms with van der Waals surface area (Å²) in [4.78, 5) is 31.5. The Kier molecular flexibility index (Phi) is 4.16. The number of aromatic nitrogens is 2. The highest BCUT2D eigenvalue weighted by atomic mass is 16.5. The third kappa shape index (κ3) is 2.80. The van der Waals surface area contributed by atoms with Crippen molar-refractivity contribution in [3.8, 4) is 17.1 Å². The van der Waals surface area contributed by atoms with Crippen LogP contribution in [0.15, 0.2) is 41.2 Å². The maximum absolute atomic E-state index is 12.4. The fourth-order valence-electron chi connectivity index (χ4n) is 2.65. The van der Waals surface area contributed by atoms with E-state index in [1.165, 1.54) is 6.92 Å². The van der Waals surface area contributed by atoms with E-state index in [2.05, 4.69) is 9.97 Å². The number of ketones is 1. The summed E-state index contributed by atoms with van der Waals surface area (Å²) in [5, 5.41) is 0.541. The van der Waals surface area contributed by atoms with Gasteiger partial charge < -0.3 is 9.72 Å². The maximum atomic E-state index is 12.4. The van der Waals surface area contributed by atoms with E-state index in [1.54, 1.807) is 24.3 Å². The van der Waals surface area contributed by atoms with Gasteiger partial charge in [0.15, 0.2) is 5.78 Å². The quantitative estimate of drug-likeness (QED) is 0.746. The number of nitrogens with zero attached hydrogens (tertiary/aromatic N) is 1. The van der Waals surface area contributed by atoms with Gasteiger partial charge in [-0.25, -0.2) is 4.98 Å². The first-order valence-electron chi connectivity index (χ1n) is 7.79. The zero-order valence-electron chi connectivity index (χ0n) is 13.8. The molecule has 0 spiro atoms. The van der Waals surface area contributed by atoms with Gasteiger partial charge >= 0.3 is 0 Å². The molecule has 0 aliphatic heterocycles. The molecule has 0 fully saturated rings. The average molecular weight is 322 g/mol. The van der Waals surface area contributed by atoms with Crippen molar-refractivity contribution in [2.75, 3.05) is 6.61 Å². The first kappa shape index (κ1) is 15.9. The number of benzene rings is 2. The van der Waals surface area contributed by atoms with E-state index in [1.807, 2.05) is 26.0 Å². The fraction of sp³-hybridized carbons (Fsp3) is 0.211. The minimum Gasteiger partial charge on any atom is -0.493 e. The second kappa shape index (κ2) is 6.28. The molecule has 0 amide bonds. The molecule has 0 aliphatic rings. The van der Waals surface area contributed by atoms with E-state index in [-0.39, 0.29) is 11.3 Å². The van der Waals surface area contributed by atoms with Gasteiger partial charge in [-0.05, 0) is 50.6 Å². The molecule has 5 heteroatoms. The largest absolute Gasteiger partial charge is 0.493 e. The van der Waals surface area contributed by atoms with Crippen LogP contribution in [0.1, 0.15) is 29.8 Å². The second-order valence-corrected chi connectivity index (χ2v) is 5.59. The first-order chi connectivity index (χ1) is 11.5. The number of H-pyrrole nitrogens is 1. The van der Waals surface area contributed by atoms with Gasteiger partial charge in [0, 0.05) is 5.56 Å². The molecule has 3 aromatic rings. The molecule has 122 valence electrons. The monoisotopic (exact) mass is 322 g/mol. The van der Waals surface area contributed by atoms with Crippen LogP contribution in [0.25, 0.3) is 22.3 Å². The lowest BCUT2D eigenvalue weighted by atomic mass is 10.1. The molecule has 0 saturated carbocycles. The summed E-state index contributed by atoms with van der Waals surface area (Å²) in [5.74, 6) is 0.922. The molecule has 0 unspecified atom stereocenters. The Bertz CT molecular complexity index is 990. The SMILES string of the molecule is CCOc1ccc(C(C)=O)cc1-c1nc2c(C)cccc2c(=O)[nH]1. The Morgan fingerprint density at radius 1 is 1.25 bits per heavy atom. The minimum atomic E-state index is -0.214. The average Bonchev–Trinajstić information content (AvgIpc) is 2.56. The molecular formula is C19H18N2O3. The smallest absolute Gasteiger partial charge is 0.259 e. The van der Waals surface area contributed by atoms with Crippen LogP contribution in [-0.2, 0) is 0 Å². The van der Waals surface area contributed by atoms with Crippen molar-refractivity contribution in [1.82, 2.24) is 9.97 Å². The number of Topliss-reactive ketones (excluding diaryl/α,β-unsaturated/α-hetero) is 1. The van der Waals surface area contributed by atoms with Crippen LogP contribution in [0.5, 0.6) is 5.75 Å². The number of carbonyl (C=O) groups excluding carboxylic acids is 1. The number of para-hydroxylation sites is 1. The minimum absolute atomic E-state index is 0.0568. The predicted octanol–water partition coefficient (Wildman–Crippen LogP) is 3.50. The number of ether oxygens (including phenoxy) is 1. The van der Waals surface area contributed by atoms with Crippen LogP contribution in [-0.4, -0.2) is 22.4 Å². The highest BCUT2D eigenvalue weighted by molar-refractivity contribution is 5.96. The van der Waals surface area contributed by atoms with Crippen LogP contribution < -0.4 is 10.3 Å². The van der Waals surface area contributed by atoms with Crippen LogP contribution in [0.4, 0.5) is 0 Å². The van der Waals surface area contributed by atoms with E-state index in [0.717, 1.165) is 5.56 Å². The Morgan fingerprint density at radius 2 is 2.04 bits per heavy atom.